The monoisotopic (exact) mass is 354 g/mol. The molecule has 1 aromatic carbocycles. The van der Waals surface area contributed by atoms with Crippen molar-refractivity contribution in [1.29, 1.82) is 0 Å². The Bertz CT molecular complexity index is 879. The Labute approximate surface area is 151 Å². The van der Waals surface area contributed by atoms with Crippen LogP contribution in [0, 0.1) is 13.8 Å². The number of nitrogens with zero attached hydrogens (tertiary/aromatic N) is 4. The van der Waals surface area contributed by atoms with E-state index in [1.165, 1.54) is 5.56 Å². The van der Waals surface area contributed by atoms with E-state index < -0.39 is 0 Å². The van der Waals surface area contributed by atoms with E-state index in [1.807, 2.05) is 27.2 Å². The van der Waals surface area contributed by atoms with E-state index in [0.717, 1.165) is 26.7 Å². The van der Waals surface area contributed by atoms with Gasteiger partial charge in [-0.25, -0.2) is 4.98 Å². The number of hydrogen-bond acceptors (Lipinski definition) is 4. The first-order chi connectivity index (χ1) is 11.9. The van der Waals surface area contributed by atoms with Gasteiger partial charge in [-0.15, -0.1) is 11.3 Å². The van der Waals surface area contributed by atoms with Gasteiger partial charge in [-0.2, -0.15) is 5.10 Å². The van der Waals surface area contributed by atoms with Crippen molar-refractivity contribution < 1.29 is 4.79 Å². The predicted octanol–water partition coefficient (Wildman–Crippen LogP) is 3.36. The number of benzene rings is 1. The molecule has 0 N–H and O–H groups in total. The zero-order valence-electron chi connectivity index (χ0n) is 15.0. The molecular formula is C19H22N4OS. The summed E-state index contributed by atoms with van der Waals surface area (Å²) >= 11 is 1.59. The van der Waals surface area contributed by atoms with E-state index in [1.54, 1.807) is 27.1 Å². The molecule has 1 amide bonds. The zero-order chi connectivity index (χ0) is 18.0. The molecule has 0 aliphatic rings. The molecule has 0 saturated carbocycles. The van der Waals surface area contributed by atoms with Crippen molar-refractivity contribution in [2.45, 2.75) is 26.8 Å². The molecule has 3 rings (SSSR count). The molecule has 3 aromatic rings. The first kappa shape index (κ1) is 17.4. The van der Waals surface area contributed by atoms with Crippen molar-refractivity contribution >= 4 is 17.2 Å². The highest BCUT2D eigenvalue weighted by Crippen LogP contribution is 2.29. The molecule has 0 saturated heterocycles. The molecule has 5 nitrogen and oxygen atoms in total. The molecule has 2 heterocycles. The lowest BCUT2D eigenvalue weighted by molar-refractivity contribution is -0.129. The quantitative estimate of drug-likeness (QED) is 0.706. The minimum Gasteiger partial charge on any atom is -0.341 e. The van der Waals surface area contributed by atoms with Crippen molar-refractivity contribution in [3.63, 3.8) is 0 Å². The third-order valence-electron chi connectivity index (χ3n) is 4.04. The van der Waals surface area contributed by atoms with Crippen LogP contribution < -0.4 is 0 Å². The lowest BCUT2D eigenvalue weighted by Crippen LogP contribution is -2.27. The highest BCUT2D eigenvalue weighted by Gasteiger charge is 2.17. The average Bonchev–Trinajstić information content (AvgIpc) is 3.13. The maximum absolute atomic E-state index is 12.6. The van der Waals surface area contributed by atoms with Gasteiger partial charge in [0, 0.05) is 42.8 Å². The highest BCUT2D eigenvalue weighted by atomic mass is 32.1. The number of thiazole rings is 1. The predicted molar refractivity (Wildman–Crippen MR) is 100 cm³/mol. The zero-order valence-corrected chi connectivity index (χ0v) is 15.8. The van der Waals surface area contributed by atoms with E-state index in [2.05, 4.69) is 41.3 Å². The molecule has 0 radical (unpaired) electrons. The van der Waals surface area contributed by atoms with Crippen LogP contribution in [0.2, 0.25) is 0 Å². The number of carbonyl (C=O) groups excluding carboxylic acids is 1. The number of likely N-dealkylation sites (N-methyl/N-ethyl adjacent to an activating group) is 1. The second-order valence-electron chi connectivity index (χ2n) is 6.32. The Hall–Kier alpha value is -2.47. The number of aromatic nitrogens is 3. The van der Waals surface area contributed by atoms with E-state index >= 15 is 0 Å². The standard InChI is InChI=1S/C19H22N4OS/c1-13-5-7-16(8-6-13)19-17(25-14(2)21-19)9-18(24)22(3)11-15-10-20-23(4)12-15/h5-8,10,12H,9,11H2,1-4H3. The Morgan fingerprint density at radius 3 is 2.60 bits per heavy atom. The van der Waals surface area contributed by atoms with Gasteiger partial charge >= 0.3 is 0 Å². The van der Waals surface area contributed by atoms with E-state index in [0.29, 0.717) is 13.0 Å². The van der Waals surface area contributed by atoms with Gasteiger partial charge in [0.2, 0.25) is 5.91 Å². The summed E-state index contributed by atoms with van der Waals surface area (Å²) in [5, 5.41) is 5.13. The van der Waals surface area contributed by atoms with Crippen LogP contribution in [-0.2, 0) is 24.8 Å². The van der Waals surface area contributed by atoms with E-state index in [4.69, 9.17) is 0 Å². The number of rotatable bonds is 5. The topological polar surface area (TPSA) is 51.0 Å². The highest BCUT2D eigenvalue weighted by molar-refractivity contribution is 7.12. The molecule has 0 fully saturated rings. The van der Waals surface area contributed by atoms with Gasteiger partial charge in [-0.05, 0) is 13.8 Å². The molecule has 0 aliphatic carbocycles. The number of aryl methyl sites for hydroxylation is 3. The van der Waals surface area contributed by atoms with Crippen LogP contribution in [0.1, 0.15) is 21.0 Å². The number of hydrogen-bond donors (Lipinski definition) is 0. The summed E-state index contributed by atoms with van der Waals surface area (Å²) in [5.41, 5.74) is 4.22. The molecule has 6 heteroatoms. The van der Waals surface area contributed by atoms with E-state index in [9.17, 15) is 4.79 Å². The molecule has 0 atom stereocenters. The first-order valence-corrected chi connectivity index (χ1v) is 8.99. The molecule has 0 unspecified atom stereocenters. The molecule has 2 aromatic heterocycles. The summed E-state index contributed by atoms with van der Waals surface area (Å²) in [6, 6.07) is 8.28. The smallest absolute Gasteiger partial charge is 0.227 e. The minimum atomic E-state index is 0.0841. The second kappa shape index (κ2) is 7.19. The molecule has 130 valence electrons. The van der Waals surface area contributed by atoms with Gasteiger partial charge in [0.25, 0.3) is 0 Å². The third-order valence-corrected chi connectivity index (χ3v) is 5.02. The van der Waals surface area contributed by atoms with Crippen LogP contribution in [-0.4, -0.2) is 32.6 Å². The van der Waals surface area contributed by atoms with Crippen LogP contribution in [0.25, 0.3) is 11.3 Å². The van der Waals surface area contributed by atoms with E-state index in [-0.39, 0.29) is 5.91 Å². The molecule has 25 heavy (non-hydrogen) atoms. The van der Waals surface area contributed by atoms with Gasteiger partial charge in [0.1, 0.15) is 0 Å². The maximum atomic E-state index is 12.6. The van der Waals surface area contributed by atoms with Crippen molar-refractivity contribution in [2.75, 3.05) is 7.05 Å². The van der Waals surface area contributed by atoms with Crippen molar-refractivity contribution in [3.05, 3.63) is 57.7 Å². The average molecular weight is 354 g/mol. The Morgan fingerprint density at radius 1 is 1.24 bits per heavy atom. The fourth-order valence-corrected chi connectivity index (χ4v) is 3.66. The van der Waals surface area contributed by atoms with Crippen molar-refractivity contribution in [2.24, 2.45) is 7.05 Å². The number of carbonyl (C=O) groups is 1. The summed E-state index contributed by atoms with van der Waals surface area (Å²) in [5.74, 6) is 0.0841. The van der Waals surface area contributed by atoms with Crippen LogP contribution >= 0.6 is 11.3 Å². The fraction of sp³-hybridized carbons (Fsp3) is 0.316. The summed E-state index contributed by atoms with van der Waals surface area (Å²) < 4.78 is 1.75. The molecule has 0 aliphatic heterocycles. The second-order valence-corrected chi connectivity index (χ2v) is 7.61. The lowest BCUT2D eigenvalue weighted by Gasteiger charge is -2.16. The Morgan fingerprint density at radius 2 is 1.96 bits per heavy atom. The number of amides is 1. The van der Waals surface area contributed by atoms with Crippen LogP contribution in [0.4, 0.5) is 0 Å². The summed E-state index contributed by atoms with van der Waals surface area (Å²) in [4.78, 5) is 20.1. The lowest BCUT2D eigenvalue weighted by atomic mass is 10.1. The molecular weight excluding hydrogens is 332 g/mol. The van der Waals surface area contributed by atoms with Gasteiger partial charge in [-0.1, -0.05) is 29.8 Å². The normalized spacial score (nSPS) is 10.9. The summed E-state index contributed by atoms with van der Waals surface area (Å²) in [6.45, 7) is 4.61. The van der Waals surface area contributed by atoms with Gasteiger partial charge in [-0.3, -0.25) is 9.48 Å². The largest absolute Gasteiger partial charge is 0.341 e. The van der Waals surface area contributed by atoms with Gasteiger partial charge in [0.15, 0.2) is 0 Å². The maximum Gasteiger partial charge on any atom is 0.227 e. The SMILES string of the molecule is Cc1ccc(-c2nc(C)sc2CC(=O)N(C)Cc2cnn(C)c2)cc1. The Kier molecular flexibility index (Phi) is 4.99. The fourth-order valence-electron chi connectivity index (χ4n) is 2.71. The summed E-state index contributed by atoms with van der Waals surface area (Å²) in [6.07, 6.45) is 4.09. The van der Waals surface area contributed by atoms with Crippen LogP contribution in [0.3, 0.4) is 0 Å². The third kappa shape index (κ3) is 4.14. The van der Waals surface area contributed by atoms with Crippen LogP contribution in [0.5, 0.6) is 0 Å². The first-order valence-electron chi connectivity index (χ1n) is 8.17. The summed E-state index contributed by atoms with van der Waals surface area (Å²) in [7, 11) is 3.70. The molecule has 0 spiro atoms. The van der Waals surface area contributed by atoms with Crippen molar-refractivity contribution in [1.82, 2.24) is 19.7 Å². The van der Waals surface area contributed by atoms with Gasteiger partial charge < -0.3 is 4.90 Å². The van der Waals surface area contributed by atoms with Crippen LogP contribution in [0.15, 0.2) is 36.7 Å². The van der Waals surface area contributed by atoms with Crippen molar-refractivity contribution in [3.8, 4) is 11.3 Å². The Balaban J connectivity index is 1.76. The van der Waals surface area contributed by atoms with Gasteiger partial charge in [0.05, 0.1) is 23.3 Å². The molecule has 0 bridgehead atoms. The minimum absolute atomic E-state index is 0.0841.